The van der Waals surface area contributed by atoms with Gasteiger partial charge in [0, 0.05) is 31.4 Å². The molecule has 1 N–H and O–H groups in total. The number of hydrogen-bond acceptors (Lipinski definition) is 3. The molecular formula is C20H23FN2O. The third kappa shape index (κ3) is 3.30. The maximum Gasteiger partial charge on any atom is 0.123 e. The van der Waals surface area contributed by atoms with Gasteiger partial charge in [-0.05, 0) is 53.8 Å². The number of halogens is 1. The second-order valence-corrected chi connectivity index (χ2v) is 6.58. The van der Waals surface area contributed by atoms with Crippen molar-refractivity contribution in [3.05, 3.63) is 65.0 Å². The summed E-state index contributed by atoms with van der Waals surface area (Å²) in [5.41, 5.74) is 4.95. The van der Waals surface area contributed by atoms with E-state index in [-0.39, 0.29) is 5.82 Å². The summed E-state index contributed by atoms with van der Waals surface area (Å²) in [6.07, 6.45) is 2.01. The van der Waals surface area contributed by atoms with Crippen molar-refractivity contribution in [1.29, 1.82) is 0 Å². The van der Waals surface area contributed by atoms with Crippen molar-refractivity contribution in [2.75, 3.05) is 31.2 Å². The van der Waals surface area contributed by atoms with Crippen LogP contribution >= 0.6 is 0 Å². The molecule has 24 heavy (non-hydrogen) atoms. The molecule has 2 aromatic carbocycles. The Kier molecular flexibility index (Phi) is 4.50. The molecule has 0 radical (unpaired) electrons. The largest absolute Gasteiger partial charge is 0.378 e. The Hall–Kier alpha value is -1.91. The number of hydrogen-bond donors (Lipinski definition) is 1. The standard InChI is InChI=1S/C20H23FN2O/c21-17-4-7-19-16(13-17)3-8-20(19)22-14-15-1-5-18(6-2-15)23-9-11-24-12-10-23/h1-2,4-7,13,20,22H,3,8-12,14H2/t20-/m1/s1. The van der Waals surface area contributed by atoms with Crippen molar-refractivity contribution in [3.8, 4) is 0 Å². The van der Waals surface area contributed by atoms with E-state index in [0.717, 1.165) is 51.3 Å². The van der Waals surface area contributed by atoms with Crippen molar-refractivity contribution < 1.29 is 9.13 Å². The minimum Gasteiger partial charge on any atom is -0.378 e. The lowest BCUT2D eigenvalue weighted by Crippen LogP contribution is -2.36. The van der Waals surface area contributed by atoms with Gasteiger partial charge in [0.05, 0.1) is 13.2 Å². The molecule has 1 saturated heterocycles. The Morgan fingerprint density at radius 1 is 1.08 bits per heavy atom. The molecule has 0 aromatic heterocycles. The van der Waals surface area contributed by atoms with E-state index in [4.69, 9.17) is 4.74 Å². The van der Waals surface area contributed by atoms with Gasteiger partial charge >= 0.3 is 0 Å². The normalized spacial score (nSPS) is 20.2. The molecule has 4 rings (SSSR count). The lowest BCUT2D eigenvalue weighted by Gasteiger charge is -2.29. The van der Waals surface area contributed by atoms with Gasteiger partial charge < -0.3 is 15.0 Å². The number of nitrogens with one attached hydrogen (secondary N) is 1. The van der Waals surface area contributed by atoms with E-state index in [1.54, 1.807) is 12.1 Å². The summed E-state index contributed by atoms with van der Waals surface area (Å²) in [6, 6.07) is 14.3. The van der Waals surface area contributed by atoms with E-state index in [1.165, 1.54) is 16.8 Å². The van der Waals surface area contributed by atoms with Crippen molar-refractivity contribution >= 4 is 5.69 Å². The van der Waals surface area contributed by atoms with Gasteiger partial charge in [0.25, 0.3) is 0 Å². The van der Waals surface area contributed by atoms with Gasteiger partial charge in [0.2, 0.25) is 0 Å². The fourth-order valence-electron chi connectivity index (χ4n) is 3.69. The summed E-state index contributed by atoms with van der Waals surface area (Å²) in [6.45, 7) is 4.39. The molecular weight excluding hydrogens is 303 g/mol. The molecule has 126 valence electrons. The van der Waals surface area contributed by atoms with Gasteiger partial charge in [0.1, 0.15) is 5.82 Å². The molecule has 1 aliphatic carbocycles. The summed E-state index contributed by atoms with van der Waals surface area (Å²) in [7, 11) is 0. The van der Waals surface area contributed by atoms with Gasteiger partial charge in [-0.3, -0.25) is 0 Å². The zero-order chi connectivity index (χ0) is 16.4. The predicted octanol–water partition coefficient (Wildman–Crippen LogP) is 3.44. The topological polar surface area (TPSA) is 24.5 Å². The van der Waals surface area contributed by atoms with Crippen molar-refractivity contribution in [1.82, 2.24) is 5.32 Å². The van der Waals surface area contributed by atoms with Crippen LogP contribution < -0.4 is 10.2 Å². The van der Waals surface area contributed by atoms with Crippen LogP contribution in [0, 0.1) is 5.82 Å². The highest BCUT2D eigenvalue weighted by molar-refractivity contribution is 5.48. The zero-order valence-electron chi connectivity index (χ0n) is 13.8. The fourth-order valence-corrected chi connectivity index (χ4v) is 3.69. The summed E-state index contributed by atoms with van der Waals surface area (Å²) in [5.74, 6) is -0.131. The smallest absolute Gasteiger partial charge is 0.123 e. The van der Waals surface area contributed by atoms with Gasteiger partial charge in [-0.2, -0.15) is 0 Å². The molecule has 0 amide bonds. The highest BCUT2D eigenvalue weighted by atomic mass is 19.1. The van der Waals surface area contributed by atoms with Crippen molar-refractivity contribution in [3.63, 3.8) is 0 Å². The van der Waals surface area contributed by atoms with E-state index in [2.05, 4.69) is 34.5 Å². The van der Waals surface area contributed by atoms with Gasteiger partial charge in [-0.15, -0.1) is 0 Å². The maximum absolute atomic E-state index is 13.3. The van der Waals surface area contributed by atoms with Gasteiger partial charge in [-0.1, -0.05) is 18.2 Å². The summed E-state index contributed by atoms with van der Waals surface area (Å²) < 4.78 is 18.7. The van der Waals surface area contributed by atoms with Crippen LogP contribution in [0.1, 0.15) is 29.2 Å². The highest BCUT2D eigenvalue weighted by Crippen LogP contribution is 2.31. The molecule has 0 unspecified atom stereocenters. The number of morpholine rings is 1. The Morgan fingerprint density at radius 2 is 1.88 bits per heavy atom. The summed E-state index contributed by atoms with van der Waals surface area (Å²) in [5, 5.41) is 3.62. The molecule has 4 heteroatoms. The van der Waals surface area contributed by atoms with E-state index in [9.17, 15) is 4.39 Å². The van der Waals surface area contributed by atoms with E-state index < -0.39 is 0 Å². The zero-order valence-corrected chi connectivity index (χ0v) is 13.8. The van der Waals surface area contributed by atoms with Crippen LogP contribution in [-0.2, 0) is 17.7 Å². The molecule has 3 nitrogen and oxygen atoms in total. The molecule has 2 aromatic rings. The SMILES string of the molecule is Fc1ccc2c(c1)CC[C@H]2NCc1ccc(N2CCOCC2)cc1. The molecule has 1 aliphatic heterocycles. The van der Waals surface area contributed by atoms with Gasteiger partial charge in [-0.25, -0.2) is 4.39 Å². The molecule has 0 bridgehead atoms. The number of benzene rings is 2. The number of ether oxygens (including phenoxy) is 1. The predicted molar refractivity (Wildman–Crippen MR) is 93.8 cm³/mol. The minimum atomic E-state index is -0.131. The molecule has 0 saturated carbocycles. The number of rotatable bonds is 4. The maximum atomic E-state index is 13.3. The lowest BCUT2D eigenvalue weighted by atomic mass is 10.1. The quantitative estimate of drug-likeness (QED) is 0.931. The molecule has 1 fully saturated rings. The molecule has 0 spiro atoms. The summed E-state index contributed by atoms with van der Waals surface area (Å²) in [4.78, 5) is 2.36. The first-order chi connectivity index (χ1) is 11.8. The Labute approximate surface area is 142 Å². The summed E-state index contributed by atoms with van der Waals surface area (Å²) >= 11 is 0. The number of nitrogens with zero attached hydrogens (tertiary/aromatic N) is 1. The van der Waals surface area contributed by atoms with Crippen molar-refractivity contribution in [2.24, 2.45) is 0 Å². The monoisotopic (exact) mass is 326 g/mol. The van der Waals surface area contributed by atoms with Crippen LogP contribution in [0.3, 0.4) is 0 Å². The van der Waals surface area contributed by atoms with Crippen LogP contribution in [0.5, 0.6) is 0 Å². The highest BCUT2D eigenvalue weighted by Gasteiger charge is 2.22. The van der Waals surface area contributed by atoms with Gasteiger partial charge in [0.15, 0.2) is 0 Å². The number of aryl methyl sites for hydroxylation is 1. The Bertz CT molecular complexity index is 695. The van der Waals surface area contributed by atoms with E-state index >= 15 is 0 Å². The third-order valence-corrected chi connectivity index (χ3v) is 5.05. The lowest BCUT2D eigenvalue weighted by molar-refractivity contribution is 0.122. The average molecular weight is 326 g/mol. The third-order valence-electron chi connectivity index (χ3n) is 5.05. The molecule has 1 atom stereocenters. The fraction of sp³-hybridized carbons (Fsp3) is 0.400. The molecule has 1 heterocycles. The molecule has 2 aliphatic rings. The van der Waals surface area contributed by atoms with E-state index in [0.29, 0.717) is 6.04 Å². The van der Waals surface area contributed by atoms with Crippen molar-refractivity contribution in [2.45, 2.75) is 25.4 Å². The second kappa shape index (κ2) is 6.91. The van der Waals surface area contributed by atoms with Crippen LogP contribution in [-0.4, -0.2) is 26.3 Å². The first kappa shape index (κ1) is 15.6. The van der Waals surface area contributed by atoms with E-state index in [1.807, 2.05) is 6.07 Å². The van der Waals surface area contributed by atoms with Crippen LogP contribution in [0.2, 0.25) is 0 Å². The van der Waals surface area contributed by atoms with Crippen LogP contribution in [0.15, 0.2) is 42.5 Å². The Morgan fingerprint density at radius 3 is 2.67 bits per heavy atom. The van der Waals surface area contributed by atoms with Crippen LogP contribution in [0.25, 0.3) is 0 Å². The number of fused-ring (bicyclic) bond motifs is 1. The first-order valence-electron chi connectivity index (χ1n) is 8.73. The Balaban J connectivity index is 1.37. The average Bonchev–Trinajstić information content (AvgIpc) is 3.03. The minimum absolute atomic E-state index is 0.131. The first-order valence-corrected chi connectivity index (χ1v) is 8.73. The van der Waals surface area contributed by atoms with Crippen LogP contribution in [0.4, 0.5) is 10.1 Å². The number of anilines is 1. The second-order valence-electron chi connectivity index (χ2n) is 6.58.